The van der Waals surface area contributed by atoms with E-state index >= 15 is 0 Å². The summed E-state index contributed by atoms with van der Waals surface area (Å²) in [6, 6.07) is 2.84. The number of hydrogen-bond acceptors (Lipinski definition) is 6. The Bertz CT molecular complexity index is 735. The van der Waals surface area contributed by atoms with Crippen molar-refractivity contribution in [3.8, 4) is 11.8 Å². The molecule has 0 aliphatic heterocycles. The Kier molecular flexibility index (Phi) is 3.74. The van der Waals surface area contributed by atoms with Gasteiger partial charge in [-0.15, -0.1) is 0 Å². The maximum absolute atomic E-state index is 13.6. The number of carbonyl (C=O) groups is 1. The Labute approximate surface area is 117 Å². The number of ether oxygens (including phenoxy) is 1. The molecule has 0 radical (unpaired) electrons. The van der Waals surface area contributed by atoms with E-state index in [1.165, 1.54) is 13.0 Å². The van der Waals surface area contributed by atoms with Crippen LogP contribution in [0.15, 0.2) is 24.4 Å². The summed E-state index contributed by atoms with van der Waals surface area (Å²) in [7, 11) is 0. The molecule has 2 rings (SSSR count). The lowest BCUT2D eigenvalue weighted by atomic mass is 10.2. The van der Waals surface area contributed by atoms with Crippen molar-refractivity contribution in [2.45, 2.75) is 6.92 Å². The SMILES string of the molecule is Cc1nc(Oc2c(F)cccc2[N+](=O)[O-])ncc1C(=O)O. The molecule has 0 aliphatic rings. The molecule has 1 N–H and O–H groups in total. The van der Waals surface area contributed by atoms with Crippen LogP contribution in [0.4, 0.5) is 10.1 Å². The maximum Gasteiger partial charge on any atom is 0.339 e. The lowest BCUT2D eigenvalue weighted by Crippen LogP contribution is -2.05. The number of para-hydroxylation sites is 1. The minimum absolute atomic E-state index is 0.0893. The van der Waals surface area contributed by atoms with Crippen molar-refractivity contribution in [3.05, 3.63) is 51.6 Å². The number of nitro benzene ring substituents is 1. The zero-order valence-corrected chi connectivity index (χ0v) is 10.6. The molecule has 0 fully saturated rings. The number of carboxylic acid groups (broad SMARTS) is 1. The van der Waals surface area contributed by atoms with Gasteiger partial charge in [0.1, 0.15) is 0 Å². The zero-order valence-electron chi connectivity index (χ0n) is 10.6. The number of carboxylic acids is 1. The van der Waals surface area contributed by atoms with E-state index < -0.39 is 28.1 Å². The molecule has 8 nitrogen and oxygen atoms in total. The van der Waals surface area contributed by atoms with Gasteiger partial charge in [-0.2, -0.15) is 4.98 Å². The van der Waals surface area contributed by atoms with Gasteiger partial charge in [0.15, 0.2) is 5.82 Å². The summed E-state index contributed by atoms with van der Waals surface area (Å²) in [5.74, 6) is -2.81. The number of aryl methyl sites for hydroxylation is 1. The Morgan fingerprint density at radius 3 is 2.76 bits per heavy atom. The first-order valence-electron chi connectivity index (χ1n) is 5.58. The number of nitro groups is 1. The summed E-state index contributed by atoms with van der Waals surface area (Å²) in [5, 5.41) is 19.7. The van der Waals surface area contributed by atoms with Gasteiger partial charge in [-0.3, -0.25) is 10.1 Å². The van der Waals surface area contributed by atoms with E-state index in [-0.39, 0.29) is 17.3 Å². The molecule has 0 atom stereocenters. The first-order valence-corrected chi connectivity index (χ1v) is 5.58. The smallest absolute Gasteiger partial charge is 0.339 e. The number of rotatable bonds is 4. The highest BCUT2D eigenvalue weighted by Crippen LogP contribution is 2.32. The van der Waals surface area contributed by atoms with Gasteiger partial charge in [0.2, 0.25) is 5.75 Å². The largest absolute Gasteiger partial charge is 0.478 e. The normalized spacial score (nSPS) is 10.2. The van der Waals surface area contributed by atoms with Gasteiger partial charge in [-0.05, 0) is 13.0 Å². The highest BCUT2D eigenvalue weighted by Gasteiger charge is 2.21. The fraction of sp³-hybridized carbons (Fsp3) is 0.0833. The summed E-state index contributed by atoms with van der Waals surface area (Å²) < 4.78 is 18.6. The standard InChI is InChI=1S/C12H8FN3O5/c1-6-7(11(17)18)5-14-12(15-6)21-10-8(13)3-2-4-9(10)16(19)20/h2-5H,1H3,(H,17,18). The fourth-order valence-electron chi connectivity index (χ4n) is 1.54. The van der Waals surface area contributed by atoms with Crippen LogP contribution in [0.1, 0.15) is 16.1 Å². The van der Waals surface area contributed by atoms with Crippen LogP contribution in [0.3, 0.4) is 0 Å². The number of nitrogens with zero attached hydrogens (tertiary/aromatic N) is 3. The van der Waals surface area contributed by atoms with Crippen LogP contribution in [-0.4, -0.2) is 26.0 Å². The second kappa shape index (κ2) is 5.49. The van der Waals surface area contributed by atoms with Crippen LogP contribution in [-0.2, 0) is 0 Å². The minimum atomic E-state index is -1.23. The third kappa shape index (κ3) is 2.91. The van der Waals surface area contributed by atoms with Crippen LogP contribution in [0.2, 0.25) is 0 Å². The van der Waals surface area contributed by atoms with Gasteiger partial charge >= 0.3 is 17.7 Å². The average Bonchev–Trinajstić information content (AvgIpc) is 2.40. The van der Waals surface area contributed by atoms with E-state index in [9.17, 15) is 19.3 Å². The molecule has 2 aromatic rings. The van der Waals surface area contributed by atoms with E-state index in [0.29, 0.717) is 0 Å². The zero-order chi connectivity index (χ0) is 15.6. The monoisotopic (exact) mass is 293 g/mol. The molecule has 21 heavy (non-hydrogen) atoms. The van der Waals surface area contributed by atoms with Crippen molar-refractivity contribution in [3.63, 3.8) is 0 Å². The van der Waals surface area contributed by atoms with Crippen molar-refractivity contribution < 1.29 is 24.0 Å². The van der Waals surface area contributed by atoms with Crippen LogP contribution < -0.4 is 4.74 Å². The summed E-state index contributed by atoms with van der Waals surface area (Å²) >= 11 is 0. The second-order valence-corrected chi connectivity index (χ2v) is 3.90. The number of aromatic nitrogens is 2. The van der Waals surface area contributed by atoms with Gasteiger partial charge < -0.3 is 9.84 Å². The van der Waals surface area contributed by atoms with Gasteiger partial charge in [0.05, 0.1) is 16.2 Å². The second-order valence-electron chi connectivity index (χ2n) is 3.90. The Hall–Kier alpha value is -3.10. The highest BCUT2D eigenvalue weighted by molar-refractivity contribution is 5.88. The molecule has 0 saturated carbocycles. The van der Waals surface area contributed by atoms with Gasteiger partial charge in [0, 0.05) is 12.3 Å². The van der Waals surface area contributed by atoms with E-state index in [1.807, 2.05) is 0 Å². The number of hydrogen-bond donors (Lipinski definition) is 1. The van der Waals surface area contributed by atoms with Crippen molar-refractivity contribution in [2.75, 3.05) is 0 Å². The molecule has 1 heterocycles. The van der Waals surface area contributed by atoms with Crippen LogP contribution in [0, 0.1) is 22.9 Å². The van der Waals surface area contributed by atoms with Crippen molar-refractivity contribution in [1.29, 1.82) is 0 Å². The Morgan fingerprint density at radius 1 is 1.48 bits per heavy atom. The van der Waals surface area contributed by atoms with Crippen molar-refractivity contribution >= 4 is 11.7 Å². The average molecular weight is 293 g/mol. The summed E-state index contributed by atoms with van der Waals surface area (Å²) in [6.45, 7) is 1.40. The minimum Gasteiger partial charge on any atom is -0.478 e. The molecule has 0 aliphatic carbocycles. The lowest BCUT2D eigenvalue weighted by Gasteiger charge is -2.06. The molecule has 0 spiro atoms. The molecular formula is C12H8FN3O5. The quantitative estimate of drug-likeness (QED) is 0.679. The molecular weight excluding hydrogens is 285 g/mol. The topological polar surface area (TPSA) is 115 Å². The van der Waals surface area contributed by atoms with Crippen molar-refractivity contribution in [2.24, 2.45) is 0 Å². The number of benzene rings is 1. The van der Waals surface area contributed by atoms with E-state index in [2.05, 4.69) is 9.97 Å². The van der Waals surface area contributed by atoms with Crippen molar-refractivity contribution in [1.82, 2.24) is 9.97 Å². The maximum atomic E-state index is 13.6. The van der Waals surface area contributed by atoms with Crippen LogP contribution >= 0.6 is 0 Å². The van der Waals surface area contributed by atoms with Gasteiger partial charge in [-0.25, -0.2) is 14.2 Å². The van der Waals surface area contributed by atoms with Crippen LogP contribution in [0.25, 0.3) is 0 Å². The van der Waals surface area contributed by atoms with Gasteiger partial charge in [-0.1, -0.05) is 6.07 Å². The highest BCUT2D eigenvalue weighted by atomic mass is 19.1. The van der Waals surface area contributed by atoms with E-state index in [0.717, 1.165) is 18.3 Å². The summed E-state index contributed by atoms with van der Waals surface area (Å²) in [6.07, 6.45) is 0.979. The molecule has 108 valence electrons. The van der Waals surface area contributed by atoms with E-state index in [1.54, 1.807) is 0 Å². The number of halogens is 1. The Balaban J connectivity index is 2.41. The molecule has 9 heteroatoms. The summed E-state index contributed by atoms with van der Waals surface area (Å²) in [5.41, 5.74) is -0.643. The van der Waals surface area contributed by atoms with Gasteiger partial charge in [0.25, 0.3) is 0 Å². The number of aromatic carboxylic acids is 1. The summed E-state index contributed by atoms with van der Waals surface area (Å²) in [4.78, 5) is 28.1. The molecule has 0 amide bonds. The Morgan fingerprint density at radius 2 is 2.19 bits per heavy atom. The lowest BCUT2D eigenvalue weighted by molar-refractivity contribution is -0.385. The first kappa shape index (κ1) is 14.3. The third-order valence-corrected chi connectivity index (χ3v) is 2.52. The third-order valence-electron chi connectivity index (χ3n) is 2.52. The molecule has 1 aromatic heterocycles. The molecule has 0 unspecified atom stereocenters. The predicted octanol–water partition coefficient (Wildman–Crippen LogP) is 2.32. The molecule has 1 aromatic carbocycles. The molecule has 0 bridgehead atoms. The predicted molar refractivity (Wildman–Crippen MR) is 66.9 cm³/mol. The first-order chi connectivity index (χ1) is 9.90. The van der Waals surface area contributed by atoms with E-state index in [4.69, 9.17) is 9.84 Å². The molecule has 0 saturated heterocycles. The fourth-order valence-corrected chi connectivity index (χ4v) is 1.54. The van der Waals surface area contributed by atoms with Crippen LogP contribution in [0.5, 0.6) is 11.8 Å².